The van der Waals surface area contributed by atoms with Crippen molar-refractivity contribution in [2.45, 2.75) is 0 Å². The number of thiocarbonyl (C=S) groups is 1. The number of aromatic nitrogens is 2. The number of nitrogens with zero attached hydrogens (tertiary/aromatic N) is 2. The van der Waals surface area contributed by atoms with Gasteiger partial charge in [-0.05, 0) is 18.2 Å². The molecule has 1 aromatic heterocycles. The number of carbonyl (C=O) groups is 1. The molecule has 0 bridgehead atoms. The summed E-state index contributed by atoms with van der Waals surface area (Å²) in [6.07, 6.45) is 1.48. The molecule has 0 atom stereocenters. The van der Waals surface area contributed by atoms with Crippen LogP contribution in [0.25, 0.3) is 5.69 Å². The molecule has 7 heteroatoms. The van der Waals surface area contributed by atoms with Crippen LogP contribution >= 0.6 is 12.2 Å². The monoisotopic (exact) mass is 264 g/mol. The number of hydrogen-bond acceptors (Lipinski definition) is 3. The first-order valence-electron chi connectivity index (χ1n) is 4.95. The van der Waals surface area contributed by atoms with Gasteiger partial charge in [0.2, 0.25) is 0 Å². The molecule has 1 heterocycles. The summed E-state index contributed by atoms with van der Waals surface area (Å²) < 4.78 is 15.0. The van der Waals surface area contributed by atoms with Crippen molar-refractivity contribution in [1.82, 2.24) is 9.78 Å². The van der Waals surface area contributed by atoms with E-state index in [0.29, 0.717) is 5.69 Å². The summed E-state index contributed by atoms with van der Waals surface area (Å²) in [7, 11) is 0. The first kappa shape index (κ1) is 12.2. The summed E-state index contributed by atoms with van der Waals surface area (Å²) in [4.78, 5) is 10.9. The summed E-state index contributed by atoms with van der Waals surface area (Å²) in [6.45, 7) is 0. The minimum absolute atomic E-state index is 0.0756. The largest absolute Gasteiger partial charge is 0.389 e. The Morgan fingerprint density at radius 2 is 2.06 bits per heavy atom. The fourth-order valence-electron chi connectivity index (χ4n) is 1.54. The van der Waals surface area contributed by atoms with Gasteiger partial charge in [-0.15, -0.1) is 0 Å². The van der Waals surface area contributed by atoms with Gasteiger partial charge in [-0.1, -0.05) is 18.3 Å². The molecule has 0 aliphatic carbocycles. The second-order valence-electron chi connectivity index (χ2n) is 3.51. The molecular formula is C11H9FN4OS. The van der Waals surface area contributed by atoms with Crippen molar-refractivity contribution in [3.63, 3.8) is 0 Å². The van der Waals surface area contributed by atoms with E-state index in [1.54, 1.807) is 6.07 Å². The molecule has 0 aliphatic rings. The number of primary amides is 1. The second kappa shape index (κ2) is 4.53. The summed E-state index contributed by atoms with van der Waals surface area (Å²) in [5.41, 5.74) is 11.1. The minimum atomic E-state index is -0.665. The van der Waals surface area contributed by atoms with Gasteiger partial charge in [-0.25, -0.2) is 9.07 Å². The Labute approximate surface area is 107 Å². The number of rotatable bonds is 3. The average Bonchev–Trinajstić information content (AvgIpc) is 2.77. The van der Waals surface area contributed by atoms with E-state index >= 15 is 0 Å². The van der Waals surface area contributed by atoms with E-state index in [0.717, 1.165) is 0 Å². The highest BCUT2D eigenvalue weighted by atomic mass is 32.1. The van der Waals surface area contributed by atoms with Gasteiger partial charge in [0.15, 0.2) is 0 Å². The number of nitrogens with two attached hydrogens (primary N) is 2. The normalized spacial score (nSPS) is 10.3. The summed E-state index contributed by atoms with van der Waals surface area (Å²) in [5, 5.41) is 3.92. The van der Waals surface area contributed by atoms with E-state index in [1.165, 1.54) is 29.1 Å². The van der Waals surface area contributed by atoms with E-state index in [-0.39, 0.29) is 16.2 Å². The zero-order chi connectivity index (χ0) is 13.3. The molecule has 1 amide bonds. The van der Waals surface area contributed by atoms with Crippen LogP contribution in [0.15, 0.2) is 30.5 Å². The van der Waals surface area contributed by atoms with Crippen LogP contribution in [0.5, 0.6) is 0 Å². The third-order valence-corrected chi connectivity index (χ3v) is 2.53. The molecule has 4 N–H and O–H groups in total. The SMILES string of the molecule is NC(=O)c1ccn(-c2cccc(F)c2C(N)=S)n1. The molecule has 0 unspecified atom stereocenters. The van der Waals surface area contributed by atoms with E-state index in [4.69, 9.17) is 23.7 Å². The van der Waals surface area contributed by atoms with E-state index < -0.39 is 11.7 Å². The summed E-state index contributed by atoms with van der Waals surface area (Å²) >= 11 is 4.80. The highest BCUT2D eigenvalue weighted by molar-refractivity contribution is 7.80. The fraction of sp³-hybridized carbons (Fsp3) is 0. The number of amides is 1. The molecule has 2 aromatic rings. The Kier molecular flexibility index (Phi) is 3.07. The Bertz CT molecular complexity index is 638. The molecule has 92 valence electrons. The number of carbonyl (C=O) groups excluding carboxylic acids is 1. The van der Waals surface area contributed by atoms with Crippen LogP contribution in [0, 0.1) is 5.82 Å². The van der Waals surface area contributed by atoms with Gasteiger partial charge in [0.1, 0.15) is 16.5 Å². The Balaban J connectivity index is 2.59. The first-order chi connectivity index (χ1) is 8.50. The lowest BCUT2D eigenvalue weighted by Gasteiger charge is -2.08. The number of halogens is 1. The lowest BCUT2D eigenvalue weighted by Crippen LogP contribution is -2.17. The zero-order valence-corrected chi connectivity index (χ0v) is 9.95. The first-order valence-corrected chi connectivity index (χ1v) is 5.35. The predicted octanol–water partition coefficient (Wildman–Crippen LogP) is 0.745. The van der Waals surface area contributed by atoms with Crippen LogP contribution in [-0.2, 0) is 0 Å². The highest BCUT2D eigenvalue weighted by Gasteiger charge is 2.14. The van der Waals surface area contributed by atoms with Crippen LogP contribution in [-0.4, -0.2) is 20.7 Å². The zero-order valence-electron chi connectivity index (χ0n) is 9.13. The van der Waals surface area contributed by atoms with Crippen molar-refractivity contribution >= 4 is 23.1 Å². The summed E-state index contributed by atoms with van der Waals surface area (Å²) in [6, 6.07) is 5.76. The maximum atomic E-state index is 13.7. The Morgan fingerprint density at radius 3 is 2.61 bits per heavy atom. The minimum Gasteiger partial charge on any atom is -0.389 e. The molecule has 0 aliphatic heterocycles. The van der Waals surface area contributed by atoms with Crippen LogP contribution in [0.3, 0.4) is 0 Å². The molecule has 5 nitrogen and oxygen atoms in total. The predicted molar refractivity (Wildman–Crippen MR) is 67.9 cm³/mol. The third kappa shape index (κ3) is 2.07. The molecule has 0 saturated heterocycles. The van der Waals surface area contributed by atoms with Crippen LogP contribution in [0.2, 0.25) is 0 Å². The van der Waals surface area contributed by atoms with Crippen molar-refractivity contribution in [3.8, 4) is 5.69 Å². The lowest BCUT2D eigenvalue weighted by molar-refractivity contribution is 0.0995. The molecular weight excluding hydrogens is 255 g/mol. The van der Waals surface area contributed by atoms with Gasteiger partial charge < -0.3 is 11.5 Å². The van der Waals surface area contributed by atoms with Gasteiger partial charge in [-0.3, -0.25) is 4.79 Å². The van der Waals surface area contributed by atoms with Crippen molar-refractivity contribution in [3.05, 3.63) is 47.5 Å². The van der Waals surface area contributed by atoms with Gasteiger partial charge in [0, 0.05) is 6.20 Å². The van der Waals surface area contributed by atoms with Crippen molar-refractivity contribution in [1.29, 1.82) is 0 Å². The van der Waals surface area contributed by atoms with Crippen molar-refractivity contribution in [2.24, 2.45) is 11.5 Å². The molecule has 0 spiro atoms. The maximum Gasteiger partial charge on any atom is 0.269 e. The van der Waals surface area contributed by atoms with E-state index in [2.05, 4.69) is 5.10 Å². The second-order valence-corrected chi connectivity index (χ2v) is 3.95. The quantitative estimate of drug-likeness (QED) is 0.801. The van der Waals surface area contributed by atoms with Crippen molar-refractivity contribution in [2.75, 3.05) is 0 Å². The Hall–Kier alpha value is -2.28. The van der Waals surface area contributed by atoms with Gasteiger partial charge >= 0.3 is 0 Å². The van der Waals surface area contributed by atoms with Crippen LogP contribution < -0.4 is 11.5 Å². The smallest absolute Gasteiger partial charge is 0.269 e. The van der Waals surface area contributed by atoms with Crippen molar-refractivity contribution < 1.29 is 9.18 Å². The fourth-order valence-corrected chi connectivity index (χ4v) is 1.74. The van der Waals surface area contributed by atoms with Gasteiger partial charge in [-0.2, -0.15) is 5.10 Å². The van der Waals surface area contributed by atoms with Crippen LogP contribution in [0.1, 0.15) is 16.1 Å². The molecule has 2 rings (SSSR count). The summed E-state index contributed by atoms with van der Waals surface area (Å²) in [5.74, 6) is -1.21. The topological polar surface area (TPSA) is 86.9 Å². The lowest BCUT2D eigenvalue weighted by atomic mass is 10.1. The average molecular weight is 264 g/mol. The van der Waals surface area contributed by atoms with Crippen LogP contribution in [0.4, 0.5) is 4.39 Å². The third-order valence-electron chi connectivity index (χ3n) is 2.33. The maximum absolute atomic E-state index is 13.7. The molecule has 0 fully saturated rings. The van der Waals surface area contributed by atoms with E-state index in [9.17, 15) is 9.18 Å². The molecule has 1 aromatic carbocycles. The highest BCUT2D eigenvalue weighted by Crippen LogP contribution is 2.17. The van der Waals surface area contributed by atoms with E-state index in [1.807, 2.05) is 0 Å². The number of benzene rings is 1. The number of hydrogen-bond donors (Lipinski definition) is 2. The van der Waals surface area contributed by atoms with Gasteiger partial charge in [0.25, 0.3) is 5.91 Å². The Morgan fingerprint density at radius 1 is 1.33 bits per heavy atom. The van der Waals surface area contributed by atoms with Gasteiger partial charge in [0.05, 0.1) is 11.3 Å². The standard InChI is InChI=1S/C11H9FN4OS/c12-6-2-1-3-8(9(6)11(14)18)16-5-4-7(15-16)10(13)17/h1-5H,(H2,13,17)(H2,14,18). The molecule has 0 radical (unpaired) electrons. The molecule has 18 heavy (non-hydrogen) atoms. The molecule has 0 saturated carbocycles.